The van der Waals surface area contributed by atoms with Crippen molar-refractivity contribution in [2.75, 3.05) is 0 Å². The minimum atomic E-state index is -2.19. The van der Waals surface area contributed by atoms with Gasteiger partial charge in [0.2, 0.25) is 0 Å². The largest absolute Gasteiger partial charge is 0.478 e. The maximum absolute atomic E-state index is 10.5. The van der Waals surface area contributed by atoms with E-state index in [2.05, 4.69) is 0 Å². The second-order valence-electron chi connectivity index (χ2n) is 4.10. The van der Waals surface area contributed by atoms with E-state index in [1.165, 1.54) is 19.9 Å². The monoisotopic (exact) mass is 258 g/mol. The van der Waals surface area contributed by atoms with E-state index in [-0.39, 0.29) is 17.6 Å². The predicted molar refractivity (Wildman–Crippen MR) is 63.8 cm³/mol. The van der Waals surface area contributed by atoms with Crippen LogP contribution in [0, 0.1) is 0 Å². The number of rotatable bonds is 7. The van der Waals surface area contributed by atoms with Crippen molar-refractivity contribution in [3.05, 3.63) is 23.3 Å². The maximum Gasteiger partial charge on any atom is 0.331 e. The van der Waals surface area contributed by atoms with Gasteiger partial charge in [-0.25, -0.2) is 9.59 Å². The molecule has 0 bridgehead atoms. The van der Waals surface area contributed by atoms with Crippen molar-refractivity contribution in [3.8, 4) is 0 Å². The summed E-state index contributed by atoms with van der Waals surface area (Å²) in [6.07, 6.45) is 2.98. The first-order valence-corrected chi connectivity index (χ1v) is 5.43. The van der Waals surface area contributed by atoms with Gasteiger partial charge in [-0.1, -0.05) is 6.08 Å². The van der Waals surface area contributed by atoms with E-state index in [0.717, 1.165) is 6.08 Å². The Hall–Kier alpha value is -1.66. The molecule has 0 rings (SSSR count). The van der Waals surface area contributed by atoms with E-state index < -0.39 is 17.7 Å². The van der Waals surface area contributed by atoms with Gasteiger partial charge in [-0.05, 0) is 32.8 Å². The van der Waals surface area contributed by atoms with Crippen molar-refractivity contribution >= 4 is 11.9 Å². The van der Waals surface area contributed by atoms with Crippen molar-refractivity contribution in [2.45, 2.75) is 38.9 Å². The van der Waals surface area contributed by atoms with Crippen LogP contribution in [-0.2, 0) is 9.59 Å². The molecule has 0 aliphatic carbocycles. The Labute approximate surface area is 105 Å². The highest BCUT2D eigenvalue weighted by Gasteiger charge is 2.20. The second-order valence-corrected chi connectivity index (χ2v) is 4.10. The van der Waals surface area contributed by atoms with Crippen LogP contribution in [0.4, 0.5) is 0 Å². The average Bonchev–Trinajstić information content (AvgIpc) is 2.23. The summed E-state index contributed by atoms with van der Waals surface area (Å²) in [4.78, 5) is 21.0. The van der Waals surface area contributed by atoms with E-state index in [9.17, 15) is 19.8 Å². The molecule has 0 atom stereocenters. The van der Waals surface area contributed by atoms with Crippen molar-refractivity contribution in [1.29, 1.82) is 0 Å². The first kappa shape index (κ1) is 16.3. The number of aliphatic hydroxyl groups is 2. The highest BCUT2D eigenvalue weighted by molar-refractivity contribution is 5.86. The molecule has 6 heteroatoms. The number of hydrogen-bond acceptors (Lipinski definition) is 4. The van der Waals surface area contributed by atoms with Gasteiger partial charge < -0.3 is 20.4 Å². The molecule has 4 N–H and O–H groups in total. The van der Waals surface area contributed by atoms with Gasteiger partial charge >= 0.3 is 11.9 Å². The van der Waals surface area contributed by atoms with Gasteiger partial charge in [0.25, 0.3) is 0 Å². The summed E-state index contributed by atoms with van der Waals surface area (Å²) in [6.45, 7) is 2.71. The topological polar surface area (TPSA) is 115 Å². The molecule has 0 aromatic rings. The molecule has 0 spiro atoms. The highest BCUT2D eigenvalue weighted by atomic mass is 16.5. The zero-order valence-electron chi connectivity index (χ0n) is 10.4. The van der Waals surface area contributed by atoms with E-state index >= 15 is 0 Å². The van der Waals surface area contributed by atoms with Crippen LogP contribution in [0.2, 0.25) is 0 Å². The second kappa shape index (κ2) is 6.93. The molecule has 6 nitrogen and oxygen atoms in total. The third kappa shape index (κ3) is 6.82. The zero-order valence-corrected chi connectivity index (χ0v) is 10.4. The SMILES string of the molecule is CC(=CCCCC(O)(O)C=C(C)C(=O)O)C(=O)O. The van der Waals surface area contributed by atoms with Crippen LogP contribution >= 0.6 is 0 Å². The maximum atomic E-state index is 10.5. The number of allylic oxidation sites excluding steroid dienone is 1. The molecule has 0 heterocycles. The molecule has 0 aromatic carbocycles. The molecule has 18 heavy (non-hydrogen) atoms. The quantitative estimate of drug-likeness (QED) is 0.306. The van der Waals surface area contributed by atoms with E-state index in [1.54, 1.807) is 0 Å². The van der Waals surface area contributed by atoms with E-state index in [4.69, 9.17) is 10.2 Å². The molecule has 0 radical (unpaired) electrons. The summed E-state index contributed by atoms with van der Waals surface area (Å²) in [5, 5.41) is 36.1. The van der Waals surface area contributed by atoms with Gasteiger partial charge in [-0.3, -0.25) is 0 Å². The lowest BCUT2D eigenvalue weighted by Gasteiger charge is -2.17. The smallest absolute Gasteiger partial charge is 0.331 e. The predicted octanol–water partition coefficient (Wildman–Crippen LogP) is 0.899. The summed E-state index contributed by atoms with van der Waals surface area (Å²) in [5.74, 6) is -4.42. The van der Waals surface area contributed by atoms with Crippen LogP contribution in [0.25, 0.3) is 0 Å². The molecule has 0 aliphatic rings. The Kier molecular flexibility index (Phi) is 6.29. The summed E-state index contributed by atoms with van der Waals surface area (Å²) >= 11 is 0. The Balaban J connectivity index is 4.29. The fraction of sp³-hybridized carbons (Fsp3) is 0.500. The molecule has 0 aromatic heterocycles. The molecule has 0 aliphatic heterocycles. The number of carboxylic acid groups (broad SMARTS) is 2. The third-order valence-electron chi connectivity index (χ3n) is 2.32. The number of hydrogen-bond donors (Lipinski definition) is 4. The Morgan fingerprint density at radius 1 is 1.06 bits per heavy atom. The minimum absolute atomic E-state index is 0.0684. The van der Waals surface area contributed by atoms with Crippen molar-refractivity contribution in [1.82, 2.24) is 0 Å². The first-order valence-electron chi connectivity index (χ1n) is 5.43. The standard InChI is InChI=1S/C12H18O6/c1-8(10(13)14)5-3-4-6-12(17,18)7-9(2)11(15)16/h5,7,17-18H,3-4,6H2,1-2H3,(H,13,14)(H,15,16). The normalized spacial score (nSPS) is 13.6. The van der Waals surface area contributed by atoms with Gasteiger partial charge in [-0.15, -0.1) is 0 Å². The molecular formula is C12H18O6. The van der Waals surface area contributed by atoms with Crippen LogP contribution in [0.3, 0.4) is 0 Å². The van der Waals surface area contributed by atoms with Gasteiger partial charge in [0.15, 0.2) is 5.79 Å². The molecule has 0 saturated carbocycles. The van der Waals surface area contributed by atoms with Crippen molar-refractivity contribution < 1.29 is 30.0 Å². The van der Waals surface area contributed by atoms with Crippen molar-refractivity contribution in [3.63, 3.8) is 0 Å². The lowest BCUT2D eigenvalue weighted by Crippen LogP contribution is -2.26. The lowest BCUT2D eigenvalue weighted by molar-refractivity contribution is -0.136. The van der Waals surface area contributed by atoms with Gasteiger partial charge in [-0.2, -0.15) is 0 Å². The highest BCUT2D eigenvalue weighted by Crippen LogP contribution is 2.15. The Morgan fingerprint density at radius 3 is 2.00 bits per heavy atom. The molecule has 0 unspecified atom stereocenters. The lowest BCUT2D eigenvalue weighted by atomic mass is 10.0. The van der Waals surface area contributed by atoms with Gasteiger partial charge in [0.1, 0.15) is 0 Å². The minimum Gasteiger partial charge on any atom is -0.478 e. The fourth-order valence-corrected chi connectivity index (χ4v) is 1.25. The Morgan fingerprint density at radius 2 is 1.56 bits per heavy atom. The summed E-state index contributed by atoms with van der Waals surface area (Å²) in [6, 6.07) is 0. The summed E-state index contributed by atoms with van der Waals surface area (Å²) in [7, 11) is 0. The van der Waals surface area contributed by atoms with Crippen LogP contribution in [-0.4, -0.2) is 38.2 Å². The number of aliphatic carboxylic acids is 2. The van der Waals surface area contributed by atoms with Crippen LogP contribution in [0.15, 0.2) is 23.3 Å². The van der Waals surface area contributed by atoms with Crippen molar-refractivity contribution in [2.24, 2.45) is 0 Å². The number of unbranched alkanes of at least 4 members (excludes halogenated alkanes) is 1. The van der Waals surface area contributed by atoms with E-state index in [1.807, 2.05) is 0 Å². The number of carboxylic acids is 2. The number of carbonyl (C=O) groups is 2. The van der Waals surface area contributed by atoms with Crippen LogP contribution in [0.5, 0.6) is 0 Å². The first-order chi connectivity index (χ1) is 8.15. The molecule has 0 amide bonds. The third-order valence-corrected chi connectivity index (χ3v) is 2.32. The van der Waals surface area contributed by atoms with E-state index in [0.29, 0.717) is 12.8 Å². The summed E-state index contributed by atoms with van der Waals surface area (Å²) in [5.41, 5.74) is 0.0333. The fourth-order valence-electron chi connectivity index (χ4n) is 1.25. The molecule has 102 valence electrons. The van der Waals surface area contributed by atoms with Gasteiger partial charge in [0, 0.05) is 17.6 Å². The van der Waals surface area contributed by atoms with Crippen LogP contribution in [0.1, 0.15) is 33.1 Å². The Bertz CT molecular complexity index is 378. The molecule has 0 fully saturated rings. The molecule has 0 saturated heterocycles. The zero-order chi connectivity index (χ0) is 14.3. The van der Waals surface area contributed by atoms with Crippen LogP contribution < -0.4 is 0 Å². The summed E-state index contributed by atoms with van der Waals surface area (Å²) < 4.78 is 0. The van der Waals surface area contributed by atoms with Gasteiger partial charge in [0.05, 0.1) is 0 Å². The average molecular weight is 258 g/mol. The molecular weight excluding hydrogens is 240 g/mol.